The van der Waals surface area contributed by atoms with Crippen molar-refractivity contribution in [3.05, 3.63) is 243 Å². The minimum Gasteiger partial charge on any atom is -0.310 e. The van der Waals surface area contributed by atoms with E-state index < -0.39 is 0 Å². The zero-order chi connectivity index (χ0) is 41.0. The highest BCUT2D eigenvalue weighted by atomic mass is 15.1. The van der Waals surface area contributed by atoms with Crippen LogP contribution in [-0.2, 0) is 0 Å². The van der Waals surface area contributed by atoms with Crippen LogP contribution in [0.5, 0.6) is 0 Å². The van der Waals surface area contributed by atoms with E-state index in [-0.39, 0.29) is 0 Å². The summed E-state index contributed by atoms with van der Waals surface area (Å²) in [5.41, 5.74) is 14.0. The van der Waals surface area contributed by atoms with Gasteiger partial charge in [0.2, 0.25) is 0 Å². The van der Waals surface area contributed by atoms with Gasteiger partial charge in [0, 0.05) is 33.2 Å². The van der Waals surface area contributed by atoms with E-state index in [9.17, 15) is 0 Å². The molecule has 0 fully saturated rings. The highest BCUT2D eigenvalue weighted by Crippen LogP contribution is 2.45. The maximum absolute atomic E-state index is 2.43. The molecule has 12 aromatic rings. The predicted molar refractivity (Wildman–Crippen MR) is 264 cm³/mol. The van der Waals surface area contributed by atoms with Gasteiger partial charge in [-0.25, -0.2) is 0 Å². The average molecular weight is 789 g/mol. The van der Waals surface area contributed by atoms with E-state index in [1.54, 1.807) is 0 Å². The largest absolute Gasteiger partial charge is 0.310 e. The van der Waals surface area contributed by atoms with Crippen LogP contribution in [0.4, 0.5) is 17.1 Å². The van der Waals surface area contributed by atoms with Crippen LogP contribution in [0.25, 0.3) is 93.2 Å². The summed E-state index contributed by atoms with van der Waals surface area (Å²) in [6.07, 6.45) is 0. The quantitative estimate of drug-likeness (QED) is 0.156. The molecule has 0 aliphatic carbocycles. The van der Waals surface area contributed by atoms with E-state index >= 15 is 0 Å². The molecule has 0 saturated heterocycles. The first-order valence-electron chi connectivity index (χ1n) is 21.3. The summed E-state index contributed by atoms with van der Waals surface area (Å²) >= 11 is 0. The Bertz CT molecular complexity index is 3580. The van der Waals surface area contributed by atoms with Crippen LogP contribution in [-0.4, -0.2) is 4.57 Å². The van der Waals surface area contributed by atoms with Gasteiger partial charge in [-0.1, -0.05) is 188 Å². The molecule has 0 radical (unpaired) electrons. The third kappa shape index (κ3) is 5.96. The minimum absolute atomic E-state index is 1.09. The number of rotatable bonds is 7. The van der Waals surface area contributed by atoms with Gasteiger partial charge in [0.25, 0.3) is 0 Å². The summed E-state index contributed by atoms with van der Waals surface area (Å²) < 4.78 is 2.41. The second-order valence-electron chi connectivity index (χ2n) is 16.1. The molecule has 0 saturated carbocycles. The number of anilines is 3. The first-order valence-corrected chi connectivity index (χ1v) is 21.3. The highest BCUT2D eigenvalue weighted by Gasteiger charge is 2.20. The molecule has 2 nitrogen and oxygen atoms in total. The maximum atomic E-state index is 2.43. The van der Waals surface area contributed by atoms with Gasteiger partial charge in [-0.15, -0.1) is 0 Å². The Morgan fingerprint density at radius 3 is 1.45 bits per heavy atom. The van der Waals surface area contributed by atoms with Gasteiger partial charge in [0.15, 0.2) is 0 Å². The fourth-order valence-electron chi connectivity index (χ4n) is 9.72. The number of benzene rings is 11. The molecule has 0 atom stereocenters. The van der Waals surface area contributed by atoms with Gasteiger partial charge >= 0.3 is 0 Å². The van der Waals surface area contributed by atoms with E-state index in [0.29, 0.717) is 0 Å². The summed E-state index contributed by atoms with van der Waals surface area (Å²) in [6.45, 7) is 0. The third-order valence-electron chi connectivity index (χ3n) is 12.6. The lowest BCUT2D eigenvalue weighted by atomic mass is 9.90. The summed E-state index contributed by atoms with van der Waals surface area (Å²) in [5, 5.41) is 9.86. The molecule has 0 amide bonds. The van der Waals surface area contributed by atoms with Crippen molar-refractivity contribution >= 4 is 71.2 Å². The molecule has 2 heteroatoms. The molecule has 0 unspecified atom stereocenters. The Labute approximate surface area is 360 Å². The fourth-order valence-corrected chi connectivity index (χ4v) is 9.72. The molecule has 0 N–H and O–H groups in total. The Morgan fingerprint density at radius 2 is 0.774 bits per heavy atom. The standard InChI is InChI=1S/C60H40N2/c1-4-23-49-41(15-1)18-12-28-50(49)44-33-35-46(36-34-44)61(58-32-14-20-43-17-3-6-25-53(43)58)48-37-38-52(57(40-48)54-29-13-19-42-16-2-5-24-51(42)54)45-21-11-22-47(39-45)62-59-30-9-7-26-55(59)56-27-8-10-31-60(56)62/h1-40H. The van der Waals surface area contributed by atoms with Crippen molar-refractivity contribution in [2.45, 2.75) is 0 Å². The minimum atomic E-state index is 1.09. The zero-order valence-corrected chi connectivity index (χ0v) is 34.0. The van der Waals surface area contributed by atoms with Crippen molar-refractivity contribution in [2.24, 2.45) is 0 Å². The molecule has 0 bridgehead atoms. The molecule has 12 rings (SSSR count). The Hall–Kier alpha value is -8.20. The van der Waals surface area contributed by atoms with E-state index in [1.165, 1.54) is 81.9 Å². The summed E-state index contributed by atoms with van der Waals surface area (Å²) in [7, 11) is 0. The van der Waals surface area contributed by atoms with Gasteiger partial charge < -0.3 is 9.47 Å². The second-order valence-corrected chi connectivity index (χ2v) is 16.1. The Balaban J connectivity index is 1.07. The zero-order valence-electron chi connectivity index (χ0n) is 34.0. The number of aromatic nitrogens is 1. The average Bonchev–Trinajstić information content (AvgIpc) is 3.68. The lowest BCUT2D eigenvalue weighted by Gasteiger charge is -2.28. The monoisotopic (exact) mass is 788 g/mol. The molecule has 1 aromatic heterocycles. The van der Waals surface area contributed by atoms with Crippen molar-refractivity contribution in [2.75, 3.05) is 4.90 Å². The number of hydrogen-bond donors (Lipinski definition) is 0. The lowest BCUT2D eigenvalue weighted by Crippen LogP contribution is -2.11. The molecule has 0 spiro atoms. The molecule has 62 heavy (non-hydrogen) atoms. The van der Waals surface area contributed by atoms with E-state index in [2.05, 4.69) is 252 Å². The van der Waals surface area contributed by atoms with Crippen molar-refractivity contribution in [3.63, 3.8) is 0 Å². The molecule has 11 aromatic carbocycles. The van der Waals surface area contributed by atoms with Gasteiger partial charge in [0.05, 0.1) is 16.7 Å². The van der Waals surface area contributed by atoms with Gasteiger partial charge in [0.1, 0.15) is 0 Å². The fraction of sp³-hybridized carbons (Fsp3) is 0. The molecular weight excluding hydrogens is 749 g/mol. The van der Waals surface area contributed by atoms with Gasteiger partial charge in [-0.3, -0.25) is 0 Å². The highest BCUT2D eigenvalue weighted by molar-refractivity contribution is 6.10. The SMILES string of the molecule is c1cc(-c2ccc(N(c3ccc(-c4cccc5ccccc45)cc3)c3cccc4ccccc34)cc2-c2cccc3ccccc23)cc(-n2c3ccccc3c3ccccc32)c1. The van der Waals surface area contributed by atoms with Gasteiger partial charge in [-0.2, -0.15) is 0 Å². The molecule has 1 heterocycles. The van der Waals surface area contributed by atoms with Crippen LogP contribution in [0, 0.1) is 0 Å². The van der Waals surface area contributed by atoms with Crippen molar-refractivity contribution in [1.82, 2.24) is 4.57 Å². The molecular formula is C60H40N2. The van der Waals surface area contributed by atoms with Crippen LogP contribution in [0.3, 0.4) is 0 Å². The van der Waals surface area contributed by atoms with Crippen molar-refractivity contribution < 1.29 is 0 Å². The van der Waals surface area contributed by atoms with Crippen LogP contribution in [0.2, 0.25) is 0 Å². The van der Waals surface area contributed by atoms with E-state index in [4.69, 9.17) is 0 Å². The molecule has 0 aliphatic rings. The first kappa shape index (κ1) is 35.7. The van der Waals surface area contributed by atoms with Crippen LogP contribution in [0.1, 0.15) is 0 Å². The van der Waals surface area contributed by atoms with Crippen LogP contribution in [0.15, 0.2) is 243 Å². The van der Waals surface area contributed by atoms with Crippen molar-refractivity contribution in [1.29, 1.82) is 0 Å². The summed E-state index contributed by atoms with van der Waals surface area (Å²) in [5.74, 6) is 0. The summed E-state index contributed by atoms with van der Waals surface area (Å²) in [6, 6.07) is 88.6. The first-order chi connectivity index (χ1) is 30.8. The van der Waals surface area contributed by atoms with Crippen LogP contribution >= 0.6 is 0 Å². The lowest BCUT2D eigenvalue weighted by molar-refractivity contribution is 1.18. The van der Waals surface area contributed by atoms with E-state index in [1.807, 2.05) is 0 Å². The third-order valence-corrected chi connectivity index (χ3v) is 12.6. The molecule has 290 valence electrons. The van der Waals surface area contributed by atoms with Gasteiger partial charge in [-0.05, 0) is 115 Å². The number of fused-ring (bicyclic) bond motifs is 6. The second kappa shape index (κ2) is 14.8. The van der Waals surface area contributed by atoms with Crippen LogP contribution < -0.4 is 4.90 Å². The molecule has 0 aliphatic heterocycles. The Morgan fingerprint density at radius 1 is 0.274 bits per heavy atom. The number of nitrogens with zero attached hydrogens (tertiary/aromatic N) is 2. The maximum Gasteiger partial charge on any atom is 0.0541 e. The normalized spacial score (nSPS) is 11.5. The van der Waals surface area contributed by atoms with E-state index in [0.717, 1.165) is 28.3 Å². The van der Waals surface area contributed by atoms with Crippen molar-refractivity contribution in [3.8, 4) is 39.1 Å². The predicted octanol–water partition coefficient (Wildman–Crippen LogP) is 16.7. The number of hydrogen-bond acceptors (Lipinski definition) is 1. The smallest absolute Gasteiger partial charge is 0.0541 e. The summed E-state index contributed by atoms with van der Waals surface area (Å²) in [4.78, 5) is 2.43. The number of para-hydroxylation sites is 2. The Kier molecular flexibility index (Phi) is 8.53. The topological polar surface area (TPSA) is 8.17 Å².